The molecule has 1 aromatic carbocycles. The van der Waals surface area contributed by atoms with Crippen molar-refractivity contribution in [2.45, 2.75) is 86.7 Å². The van der Waals surface area contributed by atoms with Gasteiger partial charge in [0.2, 0.25) is 0 Å². The number of benzene rings is 1. The molecule has 0 saturated heterocycles. The zero-order chi connectivity index (χ0) is 21.0. The van der Waals surface area contributed by atoms with E-state index in [1.807, 2.05) is 30.3 Å². The molecule has 0 bridgehead atoms. The summed E-state index contributed by atoms with van der Waals surface area (Å²) in [6.45, 7) is 14.5. The summed E-state index contributed by atoms with van der Waals surface area (Å²) in [7, 11) is 0. The van der Waals surface area contributed by atoms with Crippen LogP contribution in [0.3, 0.4) is 0 Å². The molecule has 0 amide bonds. The van der Waals surface area contributed by atoms with Crippen LogP contribution in [0, 0.1) is 0 Å². The first kappa shape index (κ1) is 36.4. The van der Waals surface area contributed by atoms with Crippen molar-refractivity contribution >= 4 is 5.78 Å². The Kier molecular flexibility index (Phi) is 37.3. The maximum atomic E-state index is 10.6. The van der Waals surface area contributed by atoms with E-state index < -0.39 is 24.4 Å². The Balaban J connectivity index is -0.0000000752. The van der Waals surface area contributed by atoms with E-state index in [0.717, 1.165) is 5.56 Å². The minimum atomic E-state index is -0.417. The van der Waals surface area contributed by atoms with Gasteiger partial charge in [0.1, 0.15) is 0 Å². The van der Waals surface area contributed by atoms with Crippen LogP contribution in [-0.4, -0.2) is 30.2 Å². The van der Waals surface area contributed by atoms with Gasteiger partial charge in [0, 0.05) is 5.56 Å². The minimum Gasteiger partial charge on any atom is -0.852 e. The monoisotopic (exact) mass is 404 g/mol. The Labute approximate surface area is 175 Å². The number of ketones is 1. The molecule has 0 atom stereocenters. The molecule has 0 aliphatic carbocycles. The molecule has 6 heteroatoms. The van der Waals surface area contributed by atoms with E-state index in [9.17, 15) is 25.2 Å². The van der Waals surface area contributed by atoms with Gasteiger partial charge >= 0.3 is 21.7 Å². The van der Waals surface area contributed by atoms with Gasteiger partial charge in [-0.3, -0.25) is 4.79 Å². The largest absolute Gasteiger partial charge is 4.00 e. The van der Waals surface area contributed by atoms with Gasteiger partial charge in [0.15, 0.2) is 5.78 Å². The Morgan fingerprint density at radius 2 is 0.846 bits per heavy atom. The summed E-state index contributed by atoms with van der Waals surface area (Å²) in [6, 6.07) is 9.23. The quantitative estimate of drug-likeness (QED) is 0.510. The fraction of sp³-hybridized carbons (Fsp3) is 0.650. The van der Waals surface area contributed by atoms with Crippen molar-refractivity contribution < 1.29 is 46.9 Å². The standard InChI is InChI=1S/C8H8O.4C3H7O.Ti/c1-7(9)8-5-3-2-4-6-8;4*1-3(2)4;/h2-6H,1H3;4*3H,1-2H3;/q;4*-1;+4. The van der Waals surface area contributed by atoms with Crippen LogP contribution < -0.4 is 20.4 Å². The van der Waals surface area contributed by atoms with Crippen LogP contribution in [0.4, 0.5) is 0 Å². The summed E-state index contributed by atoms with van der Waals surface area (Å²) in [6.07, 6.45) is -1.67. The van der Waals surface area contributed by atoms with Gasteiger partial charge in [-0.05, 0) is 6.92 Å². The van der Waals surface area contributed by atoms with Crippen molar-refractivity contribution in [3.05, 3.63) is 35.9 Å². The minimum absolute atomic E-state index is 0. The molecule has 0 spiro atoms. The van der Waals surface area contributed by atoms with Crippen molar-refractivity contribution in [1.82, 2.24) is 0 Å². The van der Waals surface area contributed by atoms with E-state index in [2.05, 4.69) is 0 Å². The smallest absolute Gasteiger partial charge is 0.852 e. The molecule has 1 rings (SSSR count). The molecule has 26 heavy (non-hydrogen) atoms. The molecule has 0 fully saturated rings. The van der Waals surface area contributed by atoms with Gasteiger partial charge in [-0.2, -0.15) is 0 Å². The molecule has 5 nitrogen and oxygen atoms in total. The fourth-order valence-electron chi connectivity index (χ4n) is 0.673. The molecule has 0 saturated carbocycles. The third-order valence-corrected chi connectivity index (χ3v) is 1.18. The number of carbonyl (C=O) groups excluding carboxylic acids is 1. The maximum absolute atomic E-state index is 10.6. The van der Waals surface area contributed by atoms with Crippen molar-refractivity contribution in [3.63, 3.8) is 0 Å². The Bertz CT molecular complexity index is 331. The average Bonchev–Trinajstić information content (AvgIpc) is 2.37. The predicted molar refractivity (Wildman–Crippen MR) is 97.0 cm³/mol. The van der Waals surface area contributed by atoms with Crippen molar-refractivity contribution in [3.8, 4) is 0 Å². The molecular formula is C20H36O5Ti. The summed E-state index contributed by atoms with van der Waals surface area (Å²) < 4.78 is 0. The second kappa shape index (κ2) is 26.7. The molecule has 0 radical (unpaired) electrons. The van der Waals surface area contributed by atoms with E-state index in [0.29, 0.717) is 0 Å². The molecule has 0 aliphatic heterocycles. The van der Waals surface area contributed by atoms with Crippen LogP contribution >= 0.6 is 0 Å². The Morgan fingerprint density at radius 3 is 0.962 bits per heavy atom. The van der Waals surface area contributed by atoms with Crippen molar-refractivity contribution in [1.29, 1.82) is 0 Å². The summed E-state index contributed by atoms with van der Waals surface area (Å²) in [5.41, 5.74) is 0.775. The van der Waals surface area contributed by atoms with E-state index in [-0.39, 0.29) is 27.5 Å². The van der Waals surface area contributed by atoms with Crippen LogP contribution in [0.15, 0.2) is 30.3 Å². The normalized spacial score (nSPS) is 8.65. The number of rotatable bonds is 1. The zero-order valence-corrected chi connectivity index (χ0v) is 19.3. The molecule has 1 aromatic rings. The van der Waals surface area contributed by atoms with E-state index in [1.165, 1.54) is 0 Å². The first-order chi connectivity index (χ1) is 11.2. The third-order valence-electron chi connectivity index (χ3n) is 1.18. The van der Waals surface area contributed by atoms with Crippen LogP contribution in [0.5, 0.6) is 0 Å². The summed E-state index contributed by atoms with van der Waals surface area (Å²) >= 11 is 0. The molecule has 0 N–H and O–H groups in total. The zero-order valence-electron chi connectivity index (χ0n) is 17.7. The molecule has 150 valence electrons. The fourth-order valence-corrected chi connectivity index (χ4v) is 0.673. The van der Waals surface area contributed by atoms with Crippen molar-refractivity contribution in [2.75, 3.05) is 0 Å². The average molecular weight is 404 g/mol. The van der Waals surface area contributed by atoms with Crippen LogP contribution in [-0.2, 0) is 21.7 Å². The van der Waals surface area contributed by atoms with Crippen LogP contribution in [0.1, 0.15) is 72.7 Å². The van der Waals surface area contributed by atoms with E-state index in [4.69, 9.17) is 0 Å². The van der Waals surface area contributed by atoms with E-state index in [1.54, 1.807) is 62.3 Å². The second-order valence-corrected chi connectivity index (χ2v) is 6.12. The van der Waals surface area contributed by atoms with Gasteiger partial charge in [-0.25, -0.2) is 0 Å². The number of carbonyl (C=O) groups is 1. The maximum Gasteiger partial charge on any atom is 4.00 e. The first-order valence-corrected chi connectivity index (χ1v) is 8.43. The Morgan fingerprint density at radius 1 is 0.654 bits per heavy atom. The molecule has 0 heterocycles. The Hall–Kier alpha value is -0.556. The number of Topliss-reactive ketones (excluding diaryl/α,β-unsaturated/α-hetero) is 1. The first-order valence-electron chi connectivity index (χ1n) is 8.43. The molecular weight excluding hydrogens is 368 g/mol. The topological polar surface area (TPSA) is 109 Å². The van der Waals surface area contributed by atoms with Crippen LogP contribution in [0.2, 0.25) is 0 Å². The SMILES string of the molecule is CC(=O)c1ccccc1.CC(C)[O-].CC(C)[O-].CC(C)[O-].CC(C)[O-].[Ti+4]. The summed E-state index contributed by atoms with van der Waals surface area (Å²) in [5.74, 6) is 0.121. The second-order valence-electron chi connectivity index (χ2n) is 6.12. The third kappa shape index (κ3) is 90.2. The summed E-state index contributed by atoms with van der Waals surface area (Å²) in [5, 5.41) is 38.1. The van der Waals surface area contributed by atoms with E-state index >= 15 is 0 Å². The summed E-state index contributed by atoms with van der Waals surface area (Å²) in [4.78, 5) is 10.6. The van der Waals surface area contributed by atoms with Gasteiger partial charge in [-0.15, -0.1) is 24.4 Å². The molecule has 0 aromatic heterocycles. The van der Waals surface area contributed by atoms with Gasteiger partial charge in [0.25, 0.3) is 0 Å². The molecule has 0 aliphatic rings. The van der Waals surface area contributed by atoms with Crippen molar-refractivity contribution in [2.24, 2.45) is 0 Å². The number of hydrogen-bond donors (Lipinski definition) is 0. The number of hydrogen-bond acceptors (Lipinski definition) is 5. The van der Waals surface area contributed by atoms with Gasteiger partial charge in [0.05, 0.1) is 0 Å². The molecule has 0 unspecified atom stereocenters. The predicted octanol–water partition coefficient (Wildman–Crippen LogP) is 0.907. The van der Waals surface area contributed by atoms with Gasteiger partial charge < -0.3 is 20.4 Å². The van der Waals surface area contributed by atoms with Gasteiger partial charge in [-0.1, -0.05) is 85.7 Å². The van der Waals surface area contributed by atoms with Crippen LogP contribution in [0.25, 0.3) is 0 Å².